The first-order valence-electron chi connectivity index (χ1n) is 13.6. The van der Waals surface area contributed by atoms with E-state index >= 15 is 0 Å². The average Bonchev–Trinajstić information content (AvgIpc) is 3.47. The molecule has 0 spiro atoms. The molecule has 2 fully saturated rings. The van der Waals surface area contributed by atoms with Gasteiger partial charge in [0.2, 0.25) is 5.54 Å². The molecule has 3 aliphatic rings. The fraction of sp³-hybridized carbons (Fsp3) is 0.290. The fourth-order valence-corrected chi connectivity index (χ4v) is 5.55. The summed E-state index contributed by atoms with van der Waals surface area (Å²) in [6.07, 6.45) is 3.62. The van der Waals surface area contributed by atoms with E-state index in [4.69, 9.17) is 4.74 Å². The standard InChI is InChI=1S/C31H29FN6O4/c1-42-25-7-6-23-19-38(28(39)26(23)27(25)32)20-31(29(40)34-30(41)35-31)11-8-21-2-4-22(5-3-21)18-36-14-16-37(17-15-36)24-9-12-33-13-10-24/h2-7,9-10,12-13H,14-20H2,1H3,(H2,34,35,40,41). The molecule has 10 nitrogen and oxygen atoms in total. The molecular weight excluding hydrogens is 539 g/mol. The SMILES string of the molecule is COc1ccc2c(c1F)C(=O)N(CC1(C#Cc3ccc(CN4CCN(c5ccncc5)CC4)cc3)NC(=O)NC1=O)C2. The number of ether oxygens (including phenoxy) is 1. The van der Waals surface area contributed by atoms with Gasteiger partial charge < -0.3 is 19.9 Å². The monoisotopic (exact) mass is 568 g/mol. The van der Waals surface area contributed by atoms with Crippen molar-refractivity contribution in [3.63, 3.8) is 0 Å². The lowest BCUT2D eigenvalue weighted by Gasteiger charge is -2.36. The second-order valence-corrected chi connectivity index (χ2v) is 10.5. The summed E-state index contributed by atoms with van der Waals surface area (Å²) < 4.78 is 19.8. The number of urea groups is 1. The predicted octanol–water partition coefficient (Wildman–Crippen LogP) is 2.14. The Labute approximate surface area is 242 Å². The van der Waals surface area contributed by atoms with Gasteiger partial charge in [-0.15, -0.1) is 0 Å². The van der Waals surface area contributed by atoms with Crippen molar-refractivity contribution in [3.8, 4) is 17.6 Å². The van der Waals surface area contributed by atoms with Gasteiger partial charge in [-0.2, -0.15) is 0 Å². The second kappa shape index (κ2) is 11.1. The number of hydrogen-bond donors (Lipinski definition) is 2. The van der Waals surface area contributed by atoms with Crippen molar-refractivity contribution in [3.05, 3.63) is 89.0 Å². The Balaban J connectivity index is 1.13. The van der Waals surface area contributed by atoms with Crippen LogP contribution in [0.5, 0.6) is 5.75 Å². The topological polar surface area (TPSA) is 107 Å². The molecule has 0 saturated carbocycles. The quantitative estimate of drug-likeness (QED) is 0.347. The number of benzene rings is 2. The van der Waals surface area contributed by atoms with Crippen LogP contribution < -0.4 is 20.3 Å². The maximum Gasteiger partial charge on any atom is 0.323 e. The Bertz CT molecular complexity index is 1600. The number of carbonyl (C=O) groups is 3. The molecule has 11 heteroatoms. The third-order valence-electron chi connectivity index (χ3n) is 7.83. The number of amides is 4. The molecule has 1 unspecified atom stereocenters. The van der Waals surface area contributed by atoms with Crippen molar-refractivity contribution >= 4 is 23.5 Å². The van der Waals surface area contributed by atoms with Crippen LogP contribution in [0.3, 0.4) is 0 Å². The smallest absolute Gasteiger partial charge is 0.323 e. The van der Waals surface area contributed by atoms with Gasteiger partial charge in [-0.05, 0) is 41.5 Å². The summed E-state index contributed by atoms with van der Waals surface area (Å²) in [5, 5.41) is 4.80. The third kappa shape index (κ3) is 5.24. The summed E-state index contributed by atoms with van der Waals surface area (Å²) in [7, 11) is 1.32. The number of nitrogens with one attached hydrogen (secondary N) is 2. The molecule has 0 radical (unpaired) electrons. The molecule has 6 rings (SSSR count). The number of piperazine rings is 1. The summed E-state index contributed by atoms with van der Waals surface area (Å²) in [5.41, 5.74) is 1.67. The number of hydrogen-bond acceptors (Lipinski definition) is 7. The predicted molar refractivity (Wildman–Crippen MR) is 152 cm³/mol. The number of rotatable bonds is 6. The summed E-state index contributed by atoms with van der Waals surface area (Å²) >= 11 is 0. The van der Waals surface area contributed by atoms with Gasteiger partial charge in [0, 0.05) is 62.9 Å². The normalized spacial score (nSPS) is 20.1. The minimum Gasteiger partial charge on any atom is -0.494 e. The number of carbonyl (C=O) groups excluding carboxylic acids is 3. The van der Waals surface area contributed by atoms with Crippen LogP contribution in [0.4, 0.5) is 14.9 Å². The number of pyridine rings is 1. The zero-order chi connectivity index (χ0) is 29.3. The number of halogens is 1. The maximum absolute atomic E-state index is 14.8. The van der Waals surface area contributed by atoms with Gasteiger partial charge >= 0.3 is 6.03 Å². The molecule has 2 aromatic carbocycles. The van der Waals surface area contributed by atoms with Crippen LogP contribution in [0.1, 0.15) is 27.0 Å². The molecule has 0 aliphatic carbocycles. The molecule has 2 saturated heterocycles. The molecule has 1 atom stereocenters. The van der Waals surface area contributed by atoms with E-state index in [-0.39, 0.29) is 24.4 Å². The molecule has 4 heterocycles. The van der Waals surface area contributed by atoms with E-state index in [9.17, 15) is 18.8 Å². The van der Waals surface area contributed by atoms with Gasteiger partial charge in [-0.25, -0.2) is 9.18 Å². The van der Waals surface area contributed by atoms with E-state index in [0.717, 1.165) is 38.3 Å². The molecular formula is C31H29FN6O4. The largest absolute Gasteiger partial charge is 0.494 e. The van der Waals surface area contributed by atoms with Crippen molar-refractivity contribution in [1.82, 2.24) is 25.4 Å². The van der Waals surface area contributed by atoms with Gasteiger partial charge in [-0.1, -0.05) is 30.0 Å². The molecule has 0 bridgehead atoms. The van der Waals surface area contributed by atoms with E-state index in [0.29, 0.717) is 11.1 Å². The van der Waals surface area contributed by atoms with Crippen molar-refractivity contribution in [1.29, 1.82) is 0 Å². The molecule has 4 amide bonds. The zero-order valence-corrected chi connectivity index (χ0v) is 23.0. The second-order valence-electron chi connectivity index (χ2n) is 10.5. The van der Waals surface area contributed by atoms with Crippen molar-refractivity contribution in [2.24, 2.45) is 0 Å². The summed E-state index contributed by atoms with van der Waals surface area (Å²) in [6.45, 7) is 4.40. The van der Waals surface area contributed by atoms with E-state index in [2.05, 4.69) is 37.3 Å². The van der Waals surface area contributed by atoms with E-state index in [1.54, 1.807) is 6.07 Å². The Kier molecular flexibility index (Phi) is 7.22. The molecule has 42 heavy (non-hydrogen) atoms. The molecule has 1 aromatic heterocycles. The Morgan fingerprint density at radius 1 is 1.00 bits per heavy atom. The third-order valence-corrected chi connectivity index (χ3v) is 7.83. The number of methoxy groups -OCH3 is 1. The van der Waals surface area contributed by atoms with Crippen LogP contribution in [0, 0.1) is 17.7 Å². The Hall–Kier alpha value is -4.95. The zero-order valence-electron chi connectivity index (χ0n) is 23.0. The number of aromatic nitrogens is 1. The Morgan fingerprint density at radius 3 is 2.40 bits per heavy atom. The van der Waals surface area contributed by atoms with Gasteiger partial charge in [0.15, 0.2) is 11.6 Å². The first kappa shape index (κ1) is 27.2. The highest BCUT2D eigenvalue weighted by molar-refractivity contribution is 6.10. The van der Waals surface area contributed by atoms with Crippen molar-refractivity contribution < 1.29 is 23.5 Å². The molecule has 214 valence electrons. The highest BCUT2D eigenvalue weighted by Crippen LogP contribution is 2.32. The summed E-state index contributed by atoms with van der Waals surface area (Å²) in [5.74, 6) is 3.84. The molecule has 3 aromatic rings. The number of imide groups is 1. The lowest BCUT2D eigenvalue weighted by atomic mass is 9.99. The Morgan fingerprint density at radius 2 is 1.74 bits per heavy atom. The number of anilines is 1. The highest BCUT2D eigenvalue weighted by Gasteiger charge is 2.48. The first-order chi connectivity index (χ1) is 20.3. The van der Waals surface area contributed by atoms with Crippen LogP contribution in [0.15, 0.2) is 60.9 Å². The molecule has 2 N–H and O–H groups in total. The van der Waals surface area contributed by atoms with E-state index < -0.39 is 29.2 Å². The number of fused-ring (bicyclic) bond motifs is 1. The van der Waals surface area contributed by atoms with Gasteiger partial charge in [0.1, 0.15) is 0 Å². The van der Waals surface area contributed by atoms with E-state index in [1.165, 1.54) is 23.8 Å². The first-order valence-corrected chi connectivity index (χ1v) is 13.6. The minimum absolute atomic E-state index is 0.0407. The van der Waals surface area contributed by atoms with Crippen LogP contribution >= 0.6 is 0 Å². The number of nitrogens with zero attached hydrogens (tertiary/aromatic N) is 4. The lowest BCUT2D eigenvalue weighted by Crippen LogP contribution is -2.54. The van der Waals surface area contributed by atoms with Crippen LogP contribution in [0.2, 0.25) is 0 Å². The maximum atomic E-state index is 14.8. The lowest BCUT2D eigenvalue weighted by molar-refractivity contribution is -0.122. The van der Waals surface area contributed by atoms with Gasteiger partial charge in [-0.3, -0.25) is 24.8 Å². The van der Waals surface area contributed by atoms with Crippen LogP contribution in [0.25, 0.3) is 0 Å². The highest BCUT2D eigenvalue weighted by atomic mass is 19.1. The van der Waals surface area contributed by atoms with E-state index in [1.807, 2.05) is 48.8 Å². The van der Waals surface area contributed by atoms with Gasteiger partial charge in [0.05, 0.1) is 19.2 Å². The average molecular weight is 569 g/mol. The fourth-order valence-electron chi connectivity index (χ4n) is 5.55. The van der Waals surface area contributed by atoms with Crippen molar-refractivity contribution in [2.75, 3.05) is 44.7 Å². The minimum atomic E-state index is -1.68. The summed E-state index contributed by atoms with van der Waals surface area (Å²) in [4.78, 5) is 48.3. The summed E-state index contributed by atoms with van der Waals surface area (Å²) in [6, 6.07) is 14.2. The van der Waals surface area contributed by atoms with Gasteiger partial charge in [0.25, 0.3) is 11.8 Å². The van der Waals surface area contributed by atoms with Crippen LogP contribution in [-0.4, -0.2) is 78.0 Å². The van der Waals surface area contributed by atoms with Crippen LogP contribution in [-0.2, 0) is 17.9 Å². The molecule has 3 aliphatic heterocycles. The van der Waals surface area contributed by atoms with Crippen molar-refractivity contribution in [2.45, 2.75) is 18.6 Å².